The monoisotopic (exact) mass is 235 g/mol. The molecule has 0 atom stereocenters. The highest BCUT2D eigenvalue weighted by Crippen LogP contribution is 2.10. The van der Waals surface area contributed by atoms with E-state index < -0.39 is 0 Å². The van der Waals surface area contributed by atoms with Crippen molar-refractivity contribution >= 4 is 11.6 Å². The van der Waals surface area contributed by atoms with E-state index >= 15 is 0 Å². The van der Waals surface area contributed by atoms with E-state index in [2.05, 4.69) is 42.2 Å². The summed E-state index contributed by atoms with van der Waals surface area (Å²) in [5.74, 6) is 0. The van der Waals surface area contributed by atoms with E-state index in [9.17, 15) is 0 Å². The van der Waals surface area contributed by atoms with E-state index in [0.29, 0.717) is 0 Å². The molecule has 2 aromatic carbocycles. The molecule has 18 heavy (non-hydrogen) atoms. The van der Waals surface area contributed by atoms with Crippen molar-refractivity contribution in [3.8, 4) is 0 Å². The summed E-state index contributed by atoms with van der Waals surface area (Å²) >= 11 is 0. The second kappa shape index (κ2) is 6.45. The maximum atomic E-state index is 4.07. The predicted octanol–water partition coefficient (Wildman–Crippen LogP) is 3.96. The molecule has 0 aliphatic heterocycles. The van der Waals surface area contributed by atoms with Crippen LogP contribution in [0.4, 0.5) is 0 Å². The molecule has 0 aliphatic rings. The third kappa shape index (κ3) is 3.63. The number of nitrogens with one attached hydrogen (secondary N) is 1. The third-order valence-electron chi connectivity index (χ3n) is 2.69. The average Bonchev–Trinajstić information content (AvgIpc) is 2.45. The summed E-state index contributed by atoms with van der Waals surface area (Å²) in [6.07, 6.45) is 4.02. The highest BCUT2D eigenvalue weighted by atomic mass is 14.8. The first-order chi connectivity index (χ1) is 8.86. The Morgan fingerprint density at radius 2 is 1.56 bits per heavy atom. The zero-order valence-corrected chi connectivity index (χ0v) is 10.3. The van der Waals surface area contributed by atoms with Gasteiger partial charge in [-0.05, 0) is 29.0 Å². The van der Waals surface area contributed by atoms with Crippen LogP contribution in [0.5, 0.6) is 0 Å². The summed E-state index contributed by atoms with van der Waals surface area (Å²) in [7, 11) is 0. The molecule has 0 saturated heterocycles. The van der Waals surface area contributed by atoms with E-state index in [1.165, 1.54) is 11.1 Å². The van der Waals surface area contributed by atoms with E-state index in [1.54, 1.807) is 0 Å². The van der Waals surface area contributed by atoms with Gasteiger partial charge in [-0.1, -0.05) is 67.2 Å². The van der Waals surface area contributed by atoms with Gasteiger partial charge in [-0.2, -0.15) is 0 Å². The molecule has 2 rings (SSSR count). The summed E-state index contributed by atoms with van der Waals surface area (Å²) < 4.78 is 0. The molecule has 0 aliphatic carbocycles. The molecule has 0 unspecified atom stereocenters. The first kappa shape index (κ1) is 12.2. The van der Waals surface area contributed by atoms with Crippen molar-refractivity contribution in [1.29, 1.82) is 0 Å². The fraction of sp³-hybridized carbons (Fsp3) is 0.0588. The van der Waals surface area contributed by atoms with Crippen molar-refractivity contribution < 1.29 is 0 Å². The second-order valence-corrected chi connectivity index (χ2v) is 4.09. The van der Waals surface area contributed by atoms with Gasteiger partial charge in [-0.25, -0.2) is 0 Å². The molecular formula is C17H17N. The SMILES string of the molecule is C=C(CNC=Cc1ccccc1)c1ccccc1. The minimum Gasteiger partial charge on any atom is -0.387 e. The average molecular weight is 235 g/mol. The zero-order valence-electron chi connectivity index (χ0n) is 10.3. The van der Waals surface area contributed by atoms with Gasteiger partial charge in [0.25, 0.3) is 0 Å². The van der Waals surface area contributed by atoms with Crippen LogP contribution in [0.15, 0.2) is 73.4 Å². The van der Waals surface area contributed by atoms with Crippen molar-refractivity contribution in [2.75, 3.05) is 6.54 Å². The molecule has 0 aromatic heterocycles. The van der Waals surface area contributed by atoms with E-state index in [4.69, 9.17) is 0 Å². The van der Waals surface area contributed by atoms with E-state index in [1.807, 2.05) is 42.6 Å². The molecule has 1 heteroatoms. The fourth-order valence-corrected chi connectivity index (χ4v) is 1.68. The van der Waals surface area contributed by atoms with Gasteiger partial charge in [0, 0.05) is 6.54 Å². The highest BCUT2D eigenvalue weighted by molar-refractivity contribution is 5.64. The number of hydrogen-bond donors (Lipinski definition) is 1. The van der Waals surface area contributed by atoms with Gasteiger partial charge in [0.1, 0.15) is 0 Å². The quantitative estimate of drug-likeness (QED) is 0.827. The van der Waals surface area contributed by atoms with Crippen molar-refractivity contribution in [3.63, 3.8) is 0 Å². The molecular weight excluding hydrogens is 218 g/mol. The Morgan fingerprint density at radius 3 is 2.22 bits per heavy atom. The van der Waals surface area contributed by atoms with Crippen molar-refractivity contribution in [3.05, 3.63) is 84.6 Å². The van der Waals surface area contributed by atoms with Crippen molar-refractivity contribution in [1.82, 2.24) is 5.32 Å². The second-order valence-electron chi connectivity index (χ2n) is 4.09. The lowest BCUT2D eigenvalue weighted by Crippen LogP contribution is -2.08. The maximum absolute atomic E-state index is 4.07. The lowest BCUT2D eigenvalue weighted by Gasteiger charge is -2.05. The molecule has 0 bridgehead atoms. The molecule has 1 N–H and O–H groups in total. The van der Waals surface area contributed by atoms with E-state index in [-0.39, 0.29) is 0 Å². The van der Waals surface area contributed by atoms with Gasteiger partial charge < -0.3 is 5.32 Å². The number of hydrogen-bond acceptors (Lipinski definition) is 1. The highest BCUT2D eigenvalue weighted by Gasteiger charge is 1.94. The molecule has 90 valence electrons. The predicted molar refractivity (Wildman–Crippen MR) is 79.0 cm³/mol. The van der Waals surface area contributed by atoms with Gasteiger partial charge in [-0.15, -0.1) is 0 Å². The van der Waals surface area contributed by atoms with Crippen LogP contribution in [0.25, 0.3) is 11.6 Å². The van der Waals surface area contributed by atoms with Crippen LogP contribution in [-0.4, -0.2) is 6.54 Å². The maximum Gasteiger partial charge on any atom is 0.0395 e. The van der Waals surface area contributed by atoms with Gasteiger partial charge in [0.2, 0.25) is 0 Å². The molecule has 0 amide bonds. The van der Waals surface area contributed by atoms with Crippen LogP contribution in [0.3, 0.4) is 0 Å². The third-order valence-corrected chi connectivity index (χ3v) is 2.69. The summed E-state index contributed by atoms with van der Waals surface area (Å²) in [5.41, 5.74) is 3.46. The molecule has 2 aromatic rings. The Bertz CT molecular complexity index is 512. The van der Waals surface area contributed by atoms with Gasteiger partial charge in [0.05, 0.1) is 0 Å². The number of rotatable bonds is 5. The van der Waals surface area contributed by atoms with Gasteiger partial charge >= 0.3 is 0 Å². The molecule has 0 spiro atoms. The Hall–Kier alpha value is -2.28. The Kier molecular flexibility index (Phi) is 4.37. The lowest BCUT2D eigenvalue weighted by molar-refractivity contribution is 1.01. The molecule has 0 saturated carbocycles. The Balaban J connectivity index is 1.83. The largest absolute Gasteiger partial charge is 0.387 e. The Labute approximate surface area is 108 Å². The zero-order chi connectivity index (χ0) is 12.6. The summed E-state index contributed by atoms with van der Waals surface area (Å²) in [4.78, 5) is 0. The smallest absolute Gasteiger partial charge is 0.0395 e. The standard InChI is InChI=1S/C17H17N/c1-15(17-10-6-3-7-11-17)14-18-13-12-16-8-4-2-5-9-16/h2-13,18H,1,14H2. The van der Waals surface area contributed by atoms with Crippen LogP contribution in [0, 0.1) is 0 Å². The topological polar surface area (TPSA) is 12.0 Å². The van der Waals surface area contributed by atoms with Crippen LogP contribution < -0.4 is 5.32 Å². The minimum atomic E-state index is 0.757. The van der Waals surface area contributed by atoms with Crippen molar-refractivity contribution in [2.24, 2.45) is 0 Å². The Morgan fingerprint density at radius 1 is 0.944 bits per heavy atom. The van der Waals surface area contributed by atoms with Crippen LogP contribution in [0.1, 0.15) is 11.1 Å². The van der Waals surface area contributed by atoms with Crippen LogP contribution in [-0.2, 0) is 0 Å². The van der Waals surface area contributed by atoms with E-state index in [0.717, 1.165) is 12.1 Å². The first-order valence-corrected chi connectivity index (χ1v) is 6.04. The summed E-state index contributed by atoms with van der Waals surface area (Å²) in [6, 6.07) is 20.4. The molecule has 0 radical (unpaired) electrons. The van der Waals surface area contributed by atoms with Crippen LogP contribution >= 0.6 is 0 Å². The molecule has 0 fully saturated rings. The summed E-state index contributed by atoms with van der Waals surface area (Å²) in [6.45, 7) is 4.83. The molecule has 0 heterocycles. The minimum absolute atomic E-state index is 0.757. The van der Waals surface area contributed by atoms with Crippen LogP contribution in [0.2, 0.25) is 0 Å². The summed E-state index contributed by atoms with van der Waals surface area (Å²) in [5, 5.41) is 3.25. The molecule has 1 nitrogen and oxygen atoms in total. The lowest BCUT2D eigenvalue weighted by atomic mass is 10.1. The number of benzene rings is 2. The first-order valence-electron chi connectivity index (χ1n) is 6.04. The van der Waals surface area contributed by atoms with Gasteiger partial charge in [-0.3, -0.25) is 0 Å². The van der Waals surface area contributed by atoms with Crippen molar-refractivity contribution in [2.45, 2.75) is 0 Å². The normalized spacial score (nSPS) is 10.4. The van der Waals surface area contributed by atoms with Gasteiger partial charge in [0.15, 0.2) is 0 Å². The fourth-order valence-electron chi connectivity index (χ4n) is 1.68.